The molecule has 3 rings (SSSR count). The molecular formula is C20H20N2O4S. The second-order valence-electron chi connectivity index (χ2n) is 6.23. The standard InChI is InChI=1S/C20H20N2O4S/c1-14-6-9-18(19(23)12-14)22-20(24)10-11-21-27(25,26)17-8-7-15-4-2-3-5-16(15)13-17/h2-9,12-13,21,23H,10-11H2,1H3,(H,22,24). The second kappa shape index (κ2) is 7.77. The van der Waals surface area contributed by atoms with Crippen LogP contribution in [0.25, 0.3) is 10.8 Å². The Bertz CT molecular complexity index is 1090. The summed E-state index contributed by atoms with van der Waals surface area (Å²) in [5.74, 6) is -0.421. The molecule has 0 bridgehead atoms. The average molecular weight is 384 g/mol. The van der Waals surface area contributed by atoms with Crippen LogP contribution in [0, 0.1) is 6.92 Å². The molecule has 3 aromatic rings. The Kier molecular flexibility index (Phi) is 5.43. The maximum atomic E-state index is 12.4. The fraction of sp³-hybridized carbons (Fsp3) is 0.150. The zero-order valence-corrected chi connectivity index (χ0v) is 15.6. The molecule has 0 spiro atoms. The van der Waals surface area contributed by atoms with Crippen LogP contribution < -0.4 is 10.0 Å². The predicted molar refractivity (Wildman–Crippen MR) is 105 cm³/mol. The molecule has 0 aliphatic rings. The van der Waals surface area contributed by atoms with Crippen molar-refractivity contribution in [2.24, 2.45) is 0 Å². The summed E-state index contributed by atoms with van der Waals surface area (Å²) in [5, 5.41) is 14.1. The Hall–Kier alpha value is -2.90. The van der Waals surface area contributed by atoms with Crippen molar-refractivity contribution >= 4 is 32.4 Å². The molecule has 3 aromatic carbocycles. The van der Waals surface area contributed by atoms with Gasteiger partial charge in [-0.2, -0.15) is 0 Å². The van der Waals surface area contributed by atoms with Crippen molar-refractivity contribution in [2.75, 3.05) is 11.9 Å². The lowest BCUT2D eigenvalue weighted by Crippen LogP contribution is -2.27. The summed E-state index contributed by atoms with van der Waals surface area (Å²) in [6, 6.07) is 17.3. The first-order valence-electron chi connectivity index (χ1n) is 8.43. The first-order valence-corrected chi connectivity index (χ1v) is 9.91. The van der Waals surface area contributed by atoms with E-state index in [4.69, 9.17) is 0 Å². The van der Waals surface area contributed by atoms with Crippen LogP contribution >= 0.6 is 0 Å². The molecule has 3 N–H and O–H groups in total. The average Bonchev–Trinajstić information content (AvgIpc) is 2.63. The van der Waals surface area contributed by atoms with Crippen molar-refractivity contribution in [1.82, 2.24) is 4.72 Å². The molecule has 0 radical (unpaired) electrons. The highest BCUT2D eigenvalue weighted by molar-refractivity contribution is 7.89. The van der Waals surface area contributed by atoms with Crippen molar-refractivity contribution in [3.05, 3.63) is 66.2 Å². The predicted octanol–water partition coefficient (Wildman–Crippen LogP) is 3.16. The maximum Gasteiger partial charge on any atom is 0.240 e. The van der Waals surface area contributed by atoms with Crippen LogP contribution in [0.15, 0.2) is 65.6 Å². The molecule has 0 aromatic heterocycles. The molecule has 0 aliphatic heterocycles. The third-order valence-corrected chi connectivity index (χ3v) is 5.56. The van der Waals surface area contributed by atoms with Crippen LogP contribution in [0.2, 0.25) is 0 Å². The Balaban J connectivity index is 1.60. The number of phenolic OH excluding ortho intramolecular Hbond substituents is 1. The lowest BCUT2D eigenvalue weighted by Gasteiger charge is -2.10. The summed E-state index contributed by atoms with van der Waals surface area (Å²) in [5.41, 5.74) is 1.16. The third kappa shape index (κ3) is 4.64. The molecule has 140 valence electrons. The molecule has 7 heteroatoms. The van der Waals surface area contributed by atoms with Crippen molar-refractivity contribution in [3.63, 3.8) is 0 Å². The van der Waals surface area contributed by atoms with Crippen LogP contribution in [0.4, 0.5) is 5.69 Å². The molecule has 0 saturated carbocycles. The van der Waals surface area contributed by atoms with Gasteiger partial charge in [0.25, 0.3) is 0 Å². The molecule has 0 heterocycles. The van der Waals surface area contributed by atoms with Crippen molar-refractivity contribution in [1.29, 1.82) is 0 Å². The fourth-order valence-corrected chi connectivity index (χ4v) is 3.74. The Morgan fingerprint density at radius 1 is 1.00 bits per heavy atom. The van der Waals surface area contributed by atoms with Gasteiger partial charge in [-0.3, -0.25) is 4.79 Å². The van der Waals surface area contributed by atoms with Gasteiger partial charge in [-0.25, -0.2) is 13.1 Å². The molecule has 6 nitrogen and oxygen atoms in total. The normalized spacial score (nSPS) is 11.4. The number of fused-ring (bicyclic) bond motifs is 1. The number of hydrogen-bond donors (Lipinski definition) is 3. The van der Waals surface area contributed by atoms with E-state index in [1.54, 1.807) is 24.3 Å². The minimum absolute atomic E-state index is 0.0277. The van der Waals surface area contributed by atoms with Crippen LogP contribution in [0.1, 0.15) is 12.0 Å². The molecule has 27 heavy (non-hydrogen) atoms. The van der Waals surface area contributed by atoms with Gasteiger partial charge in [-0.05, 0) is 47.5 Å². The quantitative estimate of drug-likeness (QED) is 0.569. The lowest BCUT2D eigenvalue weighted by molar-refractivity contribution is -0.116. The van der Waals surface area contributed by atoms with E-state index >= 15 is 0 Å². The summed E-state index contributed by atoms with van der Waals surface area (Å²) >= 11 is 0. The van der Waals surface area contributed by atoms with E-state index < -0.39 is 15.9 Å². The van der Waals surface area contributed by atoms with E-state index in [1.807, 2.05) is 31.2 Å². The molecule has 0 atom stereocenters. The molecule has 1 amide bonds. The summed E-state index contributed by atoms with van der Waals surface area (Å²) < 4.78 is 27.3. The highest BCUT2D eigenvalue weighted by Gasteiger charge is 2.15. The van der Waals surface area contributed by atoms with Crippen molar-refractivity contribution in [3.8, 4) is 5.75 Å². The molecule has 0 fully saturated rings. The lowest BCUT2D eigenvalue weighted by atomic mass is 10.1. The van der Waals surface area contributed by atoms with Gasteiger partial charge in [0, 0.05) is 13.0 Å². The number of phenols is 1. The second-order valence-corrected chi connectivity index (χ2v) is 7.99. The van der Waals surface area contributed by atoms with Gasteiger partial charge in [-0.1, -0.05) is 36.4 Å². The van der Waals surface area contributed by atoms with Crippen molar-refractivity contribution in [2.45, 2.75) is 18.2 Å². The van der Waals surface area contributed by atoms with E-state index in [-0.39, 0.29) is 23.6 Å². The van der Waals surface area contributed by atoms with Gasteiger partial charge < -0.3 is 10.4 Å². The zero-order chi connectivity index (χ0) is 19.4. The number of sulfonamides is 1. The van der Waals surface area contributed by atoms with Gasteiger partial charge >= 0.3 is 0 Å². The van der Waals surface area contributed by atoms with Crippen LogP contribution in [0.5, 0.6) is 5.75 Å². The maximum absolute atomic E-state index is 12.4. The van der Waals surface area contributed by atoms with E-state index in [9.17, 15) is 18.3 Å². The number of benzene rings is 3. The Morgan fingerprint density at radius 3 is 2.48 bits per heavy atom. The topological polar surface area (TPSA) is 95.5 Å². The number of amides is 1. The SMILES string of the molecule is Cc1ccc(NC(=O)CCNS(=O)(=O)c2ccc3ccccc3c2)c(O)c1. The number of aromatic hydroxyl groups is 1. The number of nitrogens with one attached hydrogen (secondary N) is 2. The summed E-state index contributed by atoms with van der Waals surface area (Å²) in [4.78, 5) is 12.1. The number of anilines is 1. The van der Waals surface area contributed by atoms with Crippen LogP contribution in [-0.4, -0.2) is 26.0 Å². The highest BCUT2D eigenvalue weighted by atomic mass is 32.2. The summed E-state index contributed by atoms with van der Waals surface area (Å²) in [6.07, 6.45) is -0.0554. The van der Waals surface area contributed by atoms with Gasteiger partial charge in [0.2, 0.25) is 15.9 Å². The van der Waals surface area contributed by atoms with E-state index in [2.05, 4.69) is 10.0 Å². The fourth-order valence-electron chi connectivity index (χ4n) is 2.68. The number of rotatable bonds is 6. The monoisotopic (exact) mass is 384 g/mol. The van der Waals surface area contributed by atoms with Gasteiger partial charge in [-0.15, -0.1) is 0 Å². The third-order valence-electron chi connectivity index (χ3n) is 4.10. The molecule has 0 saturated heterocycles. The number of carbonyl (C=O) groups is 1. The van der Waals surface area contributed by atoms with E-state index in [0.717, 1.165) is 16.3 Å². The largest absolute Gasteiger partial charge is 0.506 e. The van der Waals surface area contributed by atoms with Crippen molar-refractivity contribution < 1.29 is 18.3 Å². The molecular weight excluding hydrogens is 364 g/mol. The van der Waals surface area contributed by atoms with Crippen LogP contribution in [-0.2, 0) is 14.8 Å². The number of carbonyl (C=O) groups excluding carboxylic acids is 1. The van der Waals surface area contributed by atoms with Gasteiger partial charge in [0.05, 0.1) is 10.6 Å². The summed E-state index contributed by atoms with van der Waals surface area (Å²) in [6.45, 7) is 1.78. The zero-order valence-electron chi connectivity index (χ0n) is 14.8. The summed E-state index contributed by atoms with van der Waals surface area (Å²) in [7, 11) is -3.71. The molecule has 0 unspecified atom stereocenters. The number of aryl methyl sites for hydroxylation is 1. The Morgan fingerprint density at radius 2 is 1.74 bits per heavy atom. The first kappa shape index (κ1) is 18.9. The molecule has 0 aliphatic carbocycles. The van der Waals surface area contributed by atoms with Gasteiger partial charge in [0.15, 0.2) is 0 Å². The number of hydrogen-bond acceptors (Lipinski definition) is 4. The van der Waals surface area contributed by atoms with Crippen LogP contribution in [0.3, 0.4) is 0 Å². The van der Waals surface area contributed by atoms with E-state index in [0.29, 0.717) is 5.69 Å². The highest BCUT2D eigenvalue weighted by Crippen LogP contribution is 2.24. The van der Waals surface area contributed by atoms with Gasteiger partial charge in [0.1, 0.15) is 5.75 Å². The first-order chi connectivity index (χ1) is 12.8. The minimum Gasteiger partial charge on any atom is -0.506 e. The van der Waals surface area contributed by atoms with E-state index in [1.165, 1.54) is 12.1 Å². The smallest absolute Gasteiger partial charge is 0.240 e. The minimum atomic E-state index is -3.71. The Labute approximate surface area is 157 Å².